The molecule has 8 nitrogen and oxygen atoms in total. The predicted molar refractivity (Wildman–Crippen MR) is 118 cm³/mol. The summed E-state index contributed by atoms with van der Waals surface area (Å²) in [4.78, 5) is 41.1. The van der Waals surface area contributed by atoms with Gasteiger partial charge in [0.25, 0.3) is 5.56 Å². The Morgan fingerprint density at radius 2 is 1.94 bits per heavy atom. The summed E-state index contributed by atoms with van der Waals surface area (Å²) in [6, 6.07) is 14.1. The molecule has 2 aromatic heterocycles. The minimum absolute atomic E-state index is 0.196. The smallest absolute Gasteiger partial charge is 0.337 e. The Balaban J connectivity index is 1.54. The molecule has 31 heavy (non-hydrogen) atoms. The van der Waals surface area contributed by atoms with Crippen molar-refractivity contribution in [2.75, 3.05) is 12.4 Å². The zero-order chi connectivity index (χ0) is 22.0. The second-order valence-electron chi connectivity index (χ2n) is 6.87. The third-order valence-corrected chi connectivity index (χ3v) is 5.47. The Morgan fingerprint density at radius 1 is 1.16 bits per heavy atom. The van der Waals surface area contributed by atoms with Gasteiger partial charge in [0.1, 0.15) is 22.5 Å². The largest absolute Gasteiger partial charge is 0.465 e. The van der Waals surface area contributed by atoms with Crippen molar-refractivity contribution in [3.8, 4) is 11.3 Å². The zero-order valence-corrected chi connectivity index (χ0v) is 17.6. The maximum Gasteiger partial charge on any atom is 0.337 e. The van der Waals surface area contributed by atoms with Gasteiger partial charge >= 0.3 is 5.97 Å². The first kappa shape index (κ1) is 20.4. The second kappa shape index (κ2) is 8.49. The van der Waals surface area contributed by atoms with E-state index in [0.29, 0.717) is 27.2 Å². The number of nitrogens with zero attached hydrogens (tertiary/aromatic N) is 3. The normalized spacial score (nSPS) is 10.8. The molecule has 0 spiro atoms. The monoisotopic (exact) mass is 434 g/mol. The molecule has 2 heterocycles. The predicted octanol–water partition coefficient (Wildman–Crippen LogP) is 3.25. The minimum Gasteiger partial charge on any atom is -0.465 e. The van der Waals surface area contributed by atoms with Crippen LogP contribution in [-0.2, 0) is 16.1 Å². The summed E-state index contributed by atoms with van der Waals surface area (Å²) < 4.78 is 10.7. The lowest BCUT2D eigenvalue weighted by atomic mass is 10.1. The summed E-state index contributed by atoms with van der Waals surface area (Å²) in [5.74, 6) is -0.851. The minimum atomic E-state index is -0.460. The van der Waals surface area contributed by atoms with Crippen LogP contribution < -0.4 is 10.9 Å². The SMILES string of the molecule is COC(=O)c1ccc(NC(=O)Cn2cnc3c(-c4cccc(C)c4)nsc3c2=O)cc1. The van der Waals surface area contributed by atoms with Gasteiger partial charge in [0.2, 0.25) is 5.91 Å². The number of rotatable bonds is 5. The van der Waals surface area contributed by atoms with E-state index in [0.717, 1.165) is 22.7 Å². The number of aryl methyl sites for hydroxylation is 1. The van der Waals surface area contributed by atoms with Crippen LogP contribution in [-0.4, -0.2) is 32.9 Å². The lowest BCUT2D eigenvalue weighted by Gasteiger charge is -2.08. The lowest BCUT2D eigenvalue weighted by molar-refractivity contribution is -0.116. The quantitative estimate of drug-likeness (QED) is 0.484. The third kappa shape index (κ3) is 4.22. The number of anilines is 1. The summed E-state index contributed by atoms with van der Waals surface area (Å²) in [7, 11) is 1.30. The number of nitrogens with one attached hydrogen (secondary N) is 1. The first-order valence-electron chi connectivity index (χ1n) is 9.36. The average Bonchev–Trinajstić information content (AvgIpc) is 3.20. The number of hydrogen-bond donors (Lipinski definition) is 1. The number of carbonyl (C=O) groups is 2. The van der Waals surface area contributed by atoms with Crippen LogP contribution in [0.1, 0.15) is 15.9 Å². The highest BCUT2D eigenvalue weighted by molar-refractivity contribution is 7.13. The maximum absolute atomic E-state index is 12.8. The van der Waals surface area contributed by atoms with Crippen molar-refractivity contribution in [2.24, 2.45) is 0 Å². The Bertz CT molecular complexity index is 1340. The van der Waals surface area contributed by atoms with Crippen LogP contribution in [0.25, 0.3) is 21.5 Å². The fourth-order valence-corrected chi connectivity index (χ4v) is 3.92. The molecule has 0 atom stereocenters. The molecular formula is C22H18N4O4S. The van der Waals surface area contributed by atoms with Crippen LogP contribution in [0.15, 0.2) is 59.7 Å². The number of hydrogen-bond acceptors (Lipinski definition) is 7. The van der Waals surface area contributed by atoms with Crippen LogP contribution >= 0.6 is 11.5 Å². The van der Waals surface area contributed by atoms with Crippen LogP contribution in [0, 0.1) is 6.92 Å². The number of fused-ring (bicyclic) bond motifs is 1. The summed E-state index contributed by atoms with van der Waals surface area (Å²) in [5.41, 5.74) is 3.71. The fraction of sp³-hybridized carbons (Fsp3) is 0.136. The molecule has 0 saturated carbocycles. The molecule has 1 N–H and O–H groups in total. The Hall–Kier alpha value is -3.85. The van der Waals surface area contributed by atoms with Crippen LogP contribution in [0.3, 0.4) is 0 Å². The summed E-state index contributed by atoms with van der Waals surface area (Å²) in [6.45, 7) is 1.79. The van der Waals surface area contributed by atoms with Crippen molar-refractivity contribution in [3.63, 3.8) is 0 Å². The van der Waals surface area contributed by atoms with Crippen molar-refractivity contribution in [3.05, 3.63) is 76.3 Å². The van der Waals surface area contributed by atoms with Gasteiger partial charge in [-0.15, -0.1) is 0 Å². The van der Waals surface area contributed by atoms with Crippen molar-refractivity contribution < 1.29 is 14.3 Å². The van der Waals surface area contributed by atoms with Gasteiger partial charge in [0.15, 0.2) is 0 Å². The highest BCUT2D eigenvalue weighted by atomic mass is 32.1. The van der Waals surface area contributed by atoms with Gasteiger partial charge in [-0.2, -0.15) is 4.37 Å². The molecule has 0 aliphatic carbocycles. The topological polar surface area (TPSA) is 103 Å². The van der Waals surface area contributed by atoms with Gasteiger partial charge in [-0.1, -0.05) is 23.8 Å². The van der Waals surface area contributed by atoms with Gasteiger partial charge in [0.05, 0.1) is 19.0 Å². The molecule has 0 unspecified atom stereocenters. The van der Waals surface area contributed by atoms with Gasteiger partial charge in [-0.25, -0.2) is 9.78 Å². The molecule has 0 bridgehead atoms. The Labute approximate surface area is 181 Å². The summed E-state index contributed by atoms with van der Waals surface area (Å²) in [5, 5.41) is 2.70. The molecule has 0 saturated heterocycles. The number of aromatic nitrogens is 3. The molecule has 0 aliphatic heterocycles. The van der Waals surface area contributed by atoms with E-state index in [4.69, 9.17) is 0 Å². The molecule has 0 aliphatic rings. The van der Waals surface area contributed by atoms with E-state index >= 15 is 0 Å². The van der Waals surface area contributed by atoms with Gasteiger partial charge < -0.3 is 10.1 Å². The molecule has 0 radical (unpaired) electrons. The number of carbonyl (C=O) groups excluding carboxylic acids is 2. The Kier molecular flexibility index (Phi) is 5.59. The number of methoxy groups -OCH3 is 1. The highest BCUT2D eigenvalue weighted by Crippen LogP contribution is 2.27. The highest BCUT2D eigenvalue weighted by Gasteiger charge is 2.16. The van der Waals surface area contributed by atoms with E-state index in [2.05, 4.69) is 19.4 Å². The molecule has 9 heteroatoms. The first-order chi connectivity index (χ1) is 15.0. The number of amides is 1. The van der Waals surface area contributed by atoms with Gasteiger partial charge in [-0.05, 0) is 48.8 Å². The average molecular weight is 434 g/mol. The maximum atomic E-state index is 12.8. The molecule has 2 aromatic carbocycles. The van der Waals surface area contributed by atoms with Crippen LogP contribution in [0.5, 0.6) is 0 Å². The van der Waals surface area contributed by atoms with Crippen molar-refractivity contribution in [2.45, 2.75) is 13.5 Å². The standard InChI is InChI=1S/C22H18N4O4S/c1-13-4-3-5-15(10-13)18-19-20(31-25-18)21(28)26(12-23-19)11-17(27)24-16-8-6-14(7-9-16)22(29)30-2/h3-10,12H,11H2,1-2H3,(H,24,27). The van der Waals surface area contributed by atoms with E-state index in [1.165, 1.54) is 18.0 Å². The molecule has 156 valence electrons. The number of esters is 1. The van der Waals surface area contributed by atoms with E-state index in [1.807, 2.05) is 31.2 Å². The second-order valence-corrected chi connectivity index (χ2v) is 7.65. The molecular weight excluding hydrogens is 416 g/mol. The van der Waals surface area contributed by atoms with E-state index in [-0.39, 0.29) is 12.1 Å². The first-order valence-corrected chi connectivity index (χ1v) is 10.1. The van der Waals surface area contributed by atoms with Gasteiger partial charge in [-0.3, -0.25) is 14.2 Å². The van der Waals surface area contributed by atoms with Gasteiger partial charge in [0, 0.05) is 11.3 Å². The van der Waals surface area contributed by atoms with E-state index in [9.17, 15) is 14.4 Å². The molecule has 0 fully saturated rings. The summed E-state index contributed by atoms with van der Waals surface area (Å²) in [6.07, 6.45) is 1.36. The van der Waals surface area contributed by atoms with Crippen molar-refractivity contribution in [1.29, 1.82) is 0 Å². The molecule has 4 rings (SSSR count). The zero-order valence-electron chi connectivity index (χ0n) is 16.8. The molecule has 1 amide bonds. The van der Waals surface area contributed by atoms with E-state index < -0.39 is 11.9 Å². The lowest BCUT2D eigenvalue weighted by Crippen LogP contribution is -2.27. The number of ether oxygens (including phenoxy) is 1. The number of benzene rings is 2. The van der Waals surface area contributed by atoms with Crippen LogP contribution in [0.4, 0.5) is 5.69 Å². The van der Waals surface area contributed by atoms with E-state index in [1.54, 1.807) is 24.3 Å². The fourth-order valence-electron chi connectivity index (χ4n) is 3.11. The Morgan fingerprint density at radius 3 is 2.65 bits per heavy atom. The third-order valence-electron chi connectivity index (χ3n) is 4.64. The van der Waals surface area contributed by atoms with Crippen molar-refractivity contribution >= 4 is 39.3 Å². The summed E-state index contributed by atoms with van der Waals surface area (Å²) >= 11 is 1.07. The van der Waals surface area contributed by atoms with Crippen LogP contribution in [0.2, 0.25) is 0 Å². The van der Waals surface area contributed by atoms with Crippen molar-refractivity contribution in [1.82, 2.24) is 13.9 Å². The molecule has 4 aromatic rings.